The average Bonchev–Trinajstić information content (AvgIpc) is 2.84. The number of aliphatic carboxylic acids is 1. The van der Waals surface area contributed by atoms with Crippen molar-refractivity contribution in [2.24, 2.45) is 5.92 Å². The second kappa shape index (κ2) is 7.25. The first kappa shape index (κ1) is 17.7. The van der Waals surface area contributed by atoms with Crippen molar-refractivity contribution < 1.29 is 14.7 Å². The second-order valence-electron chi connectivity index (χ2n) is 6.24. The van der Waals surface area contributed by atoms with Crippen molar-refractivity contribution in [1.29, 1.82) is 0 Å². The topological polar surface area (TPSA) is 97.1 Å². The first-order chi connectivity index (χ1) is 11.3. The number of pyridine rings is 1. The smallest absolute Gasteiger partial charge is 0.326 e. The molecule has 0 aliphatic rings. The maximum absolute atomic E-state index is 12.2. The lowest BCUT2D eigenvalue weighted by atomic mass is 10.0. The van der Waals surface area contributed by atoms with Crippen LogP contribution in [0.3, 0.4) is 0 Å². The maximum atomic E-state index is 12.2. The van der Waals surface area contributed by atoms with Crippen LogP contribution in [0.1, 0.15) is 42.0 Å². The minimum absolute atomic E-state index is 0.165. The van der Waals surface area contributed by atoms with E-state index in [2.05, 4.69) is 15.4 Å². The number of carboxylic acids is 1. The fraction of sp³-hybridized carbons (Fsp3) is 0.412. The van der Waals surface area contributed by atoms with Crippen molar-refractivity contribution in [3.63, 3.8) is 0 Å². The molecule has 1 unspecified atom stereocenters. The molecule has 2 N–H and O–H groups in total. The van der Waals surface area contributed by atoms with Crippen LogP contribution in [0, 0.1) is 19.8 Å². The zero-order valence-corrected chi connectivity index (χ0v) is 14.3. The van der Waals surface area contributed by atoms with Crippen LogP contribution >= 0.6 is 0 Å². The molecule has 0 fully saturated rings. The quantitative estimate of drug-likeness (QED) is 0.845. The molecule has 1 atom stereocenters. The largest absolute Gasteiger partial charge is 0.480 e. The van der Waals surface area contributed by atoms with E-state index in [1.165, 1.54) is 6.20 Å². The van der Waals surface area contributed by atoms with E-state index >= 15 is 0 Å². The fourth-order valence-corrected chi connectivity index (χ4v) is 2.44. The fourth-order valence-electron chi connectivity index (χ4n) is 2.44. The van der Waals surface area contributed by atoms with E-state index in [1.807, 2.05) is 33.8 Å². The summed E-state index contributed by atoms with van der Waals surface area (Å²) in [5, 5.41) is 16.1. The van der Waals surface area contributed by atoms with Crippen LogP contribution in [0.5, 0.6) is 0 Å². The van der Waals surface area contributed by atoms with Gasteiger partial charge in [-0.3, -0.25) is 4.79 Å². The van der Waals surface area contributed by atoms with Gasteiger partial charge in [0, 0.05) is 11.9 Å². The lowest BCUT2D eigenvalue weighted by Gasteiger charge is -2.16. The van der Waals surface area contributed by atoms with E-state index in [0.717, 1.165) is 11.4 Å². The summed E-state index contributed by atoms with van der Waals surface area (Å²) in [5.74, 6) is -0.716. The van der Waals surface area contributed by atoms with Gasteiger partial charge in [0.25, 0.3) is 5.91 Å². The average molecular weight is 330 g/mol. The third-order valence-corrected chi connectivity index (χ3v) is 3.55. The minimum atomic E-state index is -1.04. The van der Waals surface area contributed by atoms with Gasteiger partial charge in [-0.25, -0.2) is 14.5 Å². The number of hydrogen-bond acceptors (Lipinski definition) is 4. The Morgan fingerprint density at radius 3 is 2.46 bits per heavy atom. The Morgan fingerprint density at radius 2 is 2.00 bits per heavy atom. The van der Waals surface area contributed by atoms with Gasteiger partial charge in [0.05, 0.1) is 11.3 Å². The molecule has 2 heterocycles. The lowest BCUT2D eigenvalue weighted by molar-refractivity contribution is -0.139. The highest BCUT2D eigenvalue weighted by molar-refractivity contribution is 5.96. The van der Waals surface area contributed by atoms with Gasteiger partial charge in [-0.1, -0.05) is 13.8 Å². The van der Waals surface area contributed by atoms with Crippen LogP contribution in [-0.4, -0.2) is 37.8 Å². The molecule has 128 valence electrons. The number of rotatable bonds is 6. The standard InChI is InChI=1S/C17H22N4O3/c1-10(2)7-14(17(23)24)19-16(22)13-5-6-15(18-9-13)21-12(4)8-11(3)20-21/h5-6,8-10,14H,7H2,1-4H3,(H,19,22)(H,23,24). The summed E-state index contributed by atoms with van der Waals surface area (Å²) in [7, 11) is 0. The number of hydrogen-bond donors (Lipinski definition) is 2. The van der Waals surface area contributed by atoms with Gasteiger partial charge in [-0.2, -0.15) is 5.10 Å². The zero-order valence-electron chi connectivity index (χ0n) is 14.3. The molecule has 7 heteroatoms. The van der Waals surface area contributed by atoms with Gasteiger partial charge in [0.1, 0.15) is 6.04 Å². The number of aryl methyl sites for hydroxylation is 2. The molecule has 2 rings (SSSR count). The molecule has 0 aliphatic heterocycles. The van der Waals surface area contributed by atoms with E-state index < -0.39 is 17.9 Å². The number of carboxylic acid groups (broad SMARTS) is 1. The SMILES string of the molecule is Cc1cc(C)n(-c2ccc(C(=O)NC(CC(C)C)C(=O)O)cn2)n1. The first-order valence-corrected chi connectivity index (χ1v) is 7.81. The summed E-state index contributed by atoms with van der Waals surface area (Å²) in [4.78, 5) is 27.7. The van der Waals surface area contributed by atoms with Crippen LogP contribution in [0.15, 0.2) is 24.4 Å². The molecule has 0 radical (unpaired) electrons. The molecule has 2 aromatic rings. The number of aromatic nitrogens is 3. The van der Waals surface area contributed by atoms with E-state index in [0.29, 0.717) is 17.8 Å². The Balaban J connectivity index is 2.13. The molecule has 0 aliphatic carbocycles. The van der Waals surface area contributed by atoms with Crippen LogP contribution in [0.25, 0.3) is 5.82 Å². The predicted octanol–water partition coefficient (Wildman–Crippen LogP) is 2.11. The minimum Gasteiger partial charge on any atom is -0.480 e. The summed E-state index contributed by atoms with van der Waals surface area (Å²) < 4.78 is 1.69. The van der Waals surface area contributed by atoms with Crippen molar-refractivity contribution >= 4 is 11.9 Å². The van der Waals surface area contributed by atoms with Crippen molar-refractivity contribution in [2.75, 3.05) is 0 Å². The molecule has 0 saturated carbocycles. The van der Waals surface area contributed by atoms with E-state index in [1.54, 1.807) is 16.8 Å². The zero-order chi connectivity index (χ0) is 17.9. The first-order valence-electron chi connectivity index (χ1n) is 7.81. The summed E-state index contributed by atoms with van der Waals surface area (Å²) in [6.07, 6.45) is 1.80. The number of nitrogens with one attached hydrogen (secondary N) is 1. The van der Waals surface area contributed by atoms with Gasteiger partial charge in [-0.15, -0.1) is 0 Å². The molecular weight excluding hydrogens is 308 g/mol. The van der Waals surface area contributed by atoms with Crippen molar-refractivity contribution in [1.82, 2.24) is 20.1 Å². The summed E-state index contributed by atoms with van der Waals surface area (Å²) >= 11 is 0. The predicted molar refractivity (Wildman–Crippen MR) is 89.2 cm³/mol. The molecule has 7 nitrogen and oxygen atoms in total. The third kappa shape index (κ3) is 4.18. The van der Waals surface area contributed by atoms with Gasteiger partial charge in [-0.05, 0) is 44.4 Å². The normalized spacial score (nSPS) is 12.2. The van der Waals surface area contributed by atoms with Gasteiger partial charge in [0.2, 0.25) is 0 Å². The van der Waals surface area contributed by atoms with E-state index in [9.17, 15) is 14.7 Å². The van der Waals surface area contributed by atoms with E-state index in [-0.39, 0.29) is 5.92 Å². The highest BCUT2D eigenvalue weighted by atomic mass is 16.4. The van der Waals surface area contributed by atoms with Gasteiger partial charge < -0.3 is 10.4 Å². The summed E-state index contributed by atoms with van der Waals surface area (Å²) in [5.41, 5.74) is 2.14. The molecule has 24 heavy (non-hydrogen) atoms. The van der Waals surface area contributed by atoms with Gasteiger partial charge >= 0.3 is 5.97 Å². The second-order valence-corrected chi connectivity index (χ2v) is 6.24. The molecule has 1 amide bonds. The number of nitrogens with zero attached hydrogens (tertiary/aromatic N) is 3. The Morgan fingerprint density at radius 1 is 1.29 bits per heavy atom. The van der Waals surface area contributed by atoms with Crippen LogP contribution in [0.2, 0.25) is 0 Å². The molecule has 0 spiro atoms. The molecule has 0 saturated heterocycles. The number of carbonyl (C=O) groups excluding carboxylic acids is 1. The van der Waals surface area contributed by atoms with Crippen molar-refractivity contribution in [2.45, 2.75) is 40.2 Å². The summed E-state index contributed by atoms with van der Waals surface area (Å²) in [6, 6.07) is 4.33. The van der Waals surface area contributed by atoms with Crippen LogP contribution < -0.4 is 5.32 Å². The highest BCUT2D eigenvalue weighted by Crippen LogP contribution is 2.11. The van der Waals surface area contributed by atoms with Crippen molar-refractivity contribution in [3.8, 4) is 5.82 Å². The number of carbonyl (C=O) groups is 2. The summed E-state index contributed by atoms with van der Waals surface area (Å²) in [6.45, 7) is 7.64. The molecule has 0 aromatic carbocycles. The Kier molecular flexibility index (Phi) is 5.33. The van der Waals surface area contributed by atoms with E-state index in [4.69, 9.17) is 0 Å². The Bertz CT molecular complexity index is 735. The maximum Gasteiger partial charge on any atom is 0.326 e. The van der Waals surface area contributed by atoms with Crippen molar-refractivity contribution in [3.05, 3.63) is 41.3 Å². The molecular formula is C17H22N4O3. The lowest BCUT2D eigenvalue weighted by Crippen LogP contribution is -2.41. The van der Waals surface area contributed by atoms with Crippen LogP contribution in [-0.2, 0) is 4.79 Å². The molecule has 2 aromatic heterocycles. The highest BCUT2D eigenvalue weighted by Gasteiger charge is 2.22. The van der Waals surface area contributed by atoms with Crippen LogP contribution in [0.4, 0.5) is 0 Å². The Hall–Kier alpha value is -2.70. The molecule has 0 bridgehead atoms. The Labute approximate surface area is 140 Å². The van der Waals surface area contributed by atoms with Gasteiger partial charge in [0.15, 0.2) is 5.82 Å². The number of amides is 1. The third-order valence-electron chi connectivity index (χ3n) is 3.55. The monoisotopic (exact) mass is 330 g/mol.